The van der Waals surface area contributed by atoms with Crippen LogP contribution in [0.1, 0.15) is 51.7 Å². The summed E-state index contributed by atoms with van der Waals surface area (Å²) in [6.07, 6.45) is 13.8. The van der Waals surface area contributed by atoms with Crippen molar-refractivity contribution in [2.75, 3.05) is 73.4 Å². The zero-order valence-corrected chi connectivity index (χ0v) is 37.7. The number of nitrogens with zero attached hydrogens (tertiary/aromatic N) is 4. The first kappa shape index (κ1) is 43.9. The van der Waals surface area contributed by atoms with E-state index < -0.39 is 0 Å². The van der Waals surface area contributed by atoms with Crippen molar-refractivity contribution in [3.05, 3.63) is 120 Å². The van der Waals surface area contributed by atoms with E-state index in [1.807, 2.05) is 0 Å². The number of quaternary nitrogens is 2. The van der Waals surface area contributed by atoms with Gasteiger partial charge in [0.25, 0.3) is 0 Å². The van der Waals surface area contributed by atoms with Gasteiger partial charge in [-0.25, -0.2) is 0 Å². The van der Waals surface area contributed by atoms with E-state index >= 15 is 0 Å². The number of halogens is 3. The molecule has 2 heterocycles. The average molecular weight is 896 g/mol. The van der Waals surface area contributed by atoms with Crippen molar-refractivity contribution in [3.63, 3.8) is 0 Å². The molecule has 4 aromatic carbocycles. The molecule has 0 saturated carbocycles. The summed E-state index contributed by atoms with van der Waals surface area (Å²) in [4.78, 5) is 2.59. The van der Waals surface area contributed by atoms with E-state index in [-0.39, 0.29) is 61.8 Å². The second kappa shape index (κ2) is 16.9. The van der Waals surface area contributed by atoms with Crippen molar-refractivity contribution in [2.45, 2.75) is 51.4 Å². The molecule has 6 rings (SSSR count). The van der Waals surface area contributed by atoms with E-state index in [0.29, 0.717) is 0 Å². The standard InChI is InChI=1S/C45H59N4.3BrH/c1-44(2)40(46(30-18-32-48(5,6)7)38-28-26-34-20-14-16-22-36(34)42(38)44)24-12-11-13-25-41-45(3,4)43-37-23-17-15-21-35(37)27-29-39(43)47(41)31-19-33-49(8,9)10;;;/h11-17,20-29H,18-19,30-33H2,1-10H3;3*1H/q+3;;;/p-3. The second-order valence-electron chi connectivity index (χ2n) is 17.3. The van der Waals surface area contributed by atoms with Crippen LogP contribution in [0.25, 0.3) is 21.5 Å². The molecule has 7 heteroatoms. The zero-order valence-electron chi connectivity index (χ0n) is 33.0. The number of allylic oxidation sites excluding steroid dienone is 6. The predicted molar refractivity (Wildman–Crippen MR) is 212 cm³/mol. The fourth-order valence-electron chi connectivity index (χ4n) is 8.32. The molecule has 0 unspecified atom stereocenters. The summed E-state index contributed by atoms with van der Waals surface area (Å²) in [6, 6.07) is 27.1. The van der Waals surface area contributed by atoms with Crippen LogP contribution in [0.5, 0.6) is 0 Å². The van der Waals surface area contributed by atoms with Crippen molar-refractivity contribution >= 4 is 38.6 Å². The summed E-state index contributed by atoms with van der Waals surface area (Å²) in [5.41, 5.74) is 8.16. The topological polar surface area (TPSA) is 6.25 Å². The van der Waals surface area contributed by atoms with Crippen molar-refractivity contribution in [3.8, 4) is 0 Å². The Morgan fingerprint density at radius 3 is 1.79 bits per heavy atom. The van der Waals surface area contributed by atoms with Crippen LogP contribution in [-0.4, -0.2) is 87.7 Å². The van der Waals surface area contributed by atoms with E-state index in [9.17, 15) is 0 Å². The number of rotatable bonds is 11. The van der Waals surface area contributed by atoms with Crippen molar-refractivity contribution in [2.24, 2.45) is 0 Å². The van der Waals surface area contributed by atoms with E-state index in [2.05, 4.69) is 183 Å². The smallest absolute Gasteiger partial charge is 0.210 e. The number of benzene rings is 4. The van der Waals surface area contributed by atoms with Gasteiger partial charge in [-0.15, -0.1) is 0 Å². The van der Waals surface area contributed by atoms with Crippen LogP contribution in [0.15, 0.2) is 109 Å². The highest BCUT2D eigenvalue weighted by Crippen LogP contribution is 2.51. The Hall–Kier alpha value is -2.55. The first-order valence-corrected chi connectivity index (χ1v) is 18.2. The van der Waals surface area contributed by atoms with Gasteiger partial charge < -0.3 is 64.8 Å². The molecule has 0 N–H and O–H groups in total. The Morgan fingerprint density at radius 1 is 0.615 bits per heavy atom. The summed E-state index contributed by atoms with van der Waals surface area (Å²) in [7, 11) is 13.7. The molecule has 52 heavy (non-hydrogen) atoms. The predicted octanol–water partition coefficient (Wildman–Crippen LogP) is 0.368. The first-order chi connectivity index (χ1) is 23.1. The van der Waals surface area contributed by atoms with Gasteiger partial charge >= 0.3 is 0 Å². The minimum absolute atomic E-state index is 0. The molecule has 0 bridgehead atoms. The SMILES string of the molecule is CC1(C)C(/C=C/C=C/C=C2/N(CCC[N+](C)(C)C)c3ccc4ccccc4c3C2(C)C)=[N+](CCC[N+](C)(C)C)c2ccc3ccccc3c21.[Br-].[Br-].[Br-]. The van der Waals surface area contributed by atoms with Crippen molar-refractivity contribution in [1.82, 2.24) is 0 Å². The third-order valence-corrected chi connectivity index (χ3v) is 10.7. The molecule has 0 fully saturated rings. The molecule has 0 amide bonds. The van der Waals surface area contributed by atoms with Crippen LogP contribution in [0.3, 0.4) is 0 Å². The van der Waals surface area contributed by atoms with E-state index in [1.165, 1.54) is 55.5 Å². The van der Waals surface area contributed by atoms with Crippen LogP contribution in [0, 0.1) is 0 Å². The second-order valence-corrected chi connectivity index (χ2v) is 17.3. The van der Waals surface area contributed by atoms with E-state index in [1.54, 1.807) is 0 Å². The molecule has 0 aliphatic carbocycles. The summed E-state index contributed by atoms with van der Waals surface area (Å²) < 4.78 is 4.55. The molecule has 280 valence electrons. The van der Waals surface area contributed by atoms with Crippen molar-refractivity contribution < 1.29 is 64.5 Å². The number of hydrogen-bond donors (Lipinski definition) is 0. The maximum atomic E-state index is 2.59. The van der Waals surface area contributed by atoms with Gasteiger partial charge in [-0.2, -0.15) is 4.58 Å². The monoisotopic (exact) mass is 892 g/mol. The zero-order chi connectivity index (χ0) is 35.2. The maximum absolute atomic E-state index is 2.59. The Labute approximate surface area is 345 Å². The summed E-state index contributed by atoms with van der Waals surface area (Å²) in [6.45, 7) is 13.9. The van der Waals surface area contributed by atoms with Gasteiger partial charge in [-0.05, 0) is 59.2 Å². The highest BCUT2D eigenvalue weighted by Gasteiger charge is 2.45. The molecular formula is C45H59Br3N4. The van der Waals surface area contributed by atoms with Gasteiger partial charge in [0, 0.05) is 47.5 Å². The summed E-state index contributed by atoms with van der Waals surface area (Å²) in [5.74, 6) is 0. The van der Waals surface area contributed by atoms with Crippen molar-refractivity contribution in [1.29, 1.82) is 0 Å². The molecular weight excluding hydrogens is 836 g/mol. The molecule has 0 saturated heterocycles. The van der Waals surface area contributed by atoms with Crippen LogP contribution in [-0.2, 0) is 10.8 Å². The molecule has 0 radical (unpaired) electrons. The third-order valence-electron chi connectivity index (χ3n) is 10.7. The molecule has 0 spiro atoms. The van der Waals surface area contributed by atoms with Gasteiger partial charge in [0.2, 0.25) is 5.69 Å². The summed E-state index contributed by atoms with van der Waals surface area (Å²) >= 11 is 0. The third kappa shape index (κ3) is 8.87. The van der Waals surface area contributed by atoms with E-state index in [4.69, 9.17) is 0 Å². The maximum Gasteiger partial charge on any atom is 0.210 e. The molecule has 4 nitrogen and oxygen atoms in total. The minimum atomic E-state index is -0.103. The lowest BCUT2D eigenvalue weighted by Gasteiger charge is -2.29. The molecule has 4 aromatic rings. The van der Waals surface area contributed by atoms with Gasteiger partial charge in [-0.1, -0.05) is 86.7 Å². The van der Waals surface area contributed by atoms with Crippen LogP contribution < -0.4 is 55.8 Å². The quantitative estimate of drug-likeness (QED) is 0.120. The van der Waals surface area contributed by atoms with Crippen LogP contribution >= 0.6 is 0 Å². The Bertz CT molecular complexity index is 2000. The summed E-state index contributed by atoms with van der Waals surface area (Å²) in [5, 5.41) is 5.37. The fraction of sp³-hybridized carbons (Fsp3) is 0.400. The highest BCUT2D eigenvalue weighted by molar-refractivity contribution is 6.07. The first-order valence-electron chi connectivity index (χ1n) is 18.2. The van der Waals surface area contributed by atoms with Gasteiger partial charge in [0.05, 0.1) is 67.2 Å². The molecule has 2 aliphatic heterocycles. The van der Waals surface area contributed by atoms with E-state index in [0.717, 1.165) is 48.0 Å². The Morgan fingerprint density at radius 2 is 1.17 bits per heavy atom. The van der Waals surface area contributed by atoms with Crippen LogP contribution in [0.4, 0.5) is 11.4 Å². The lowest BCUT2D eigenvalue weighted by atomic mass is 9.79. The largest absolute Gasteiger partial charge is 1.00 e. The lowest BCUT2D eigenvalue weighted by Crippen LogP contribution is -3.00. The number of anilines is 1. The Balaban J connectivity index is 0.00000243. The molecule has 2 aliphatic rings. The Kier molecular flexibility index (Phi) is 14.2. The van der Waals surface area contributed by atoms with Gasteiger partial charge in [0.1, 0.15) is 0 Å². The molecule has 0 atom stereocenters. The highest BCUT2D eigenvalue weighted by atomic mass is 79.9. The average Bonchev–Trinajstić information content (AvgIpc) is 3.38. The molecule has 0 aromatic heterocycles. The normalized spacial score (nSPS) is 17.1. The van der Waals surface area contributed by atoms with Gasteiger partial charge in [-0.3, -0.25) is 0 Å². The lowest BCUT2D eigenvalue weighted by molar-refractivity contribution is -0.871. The number of hydrogen-bond acceptors (Lipinski definition) is 1. The fourth-order valence-corrected chi connectivity index (χ4v) is 8.32. The number of fused-ring (bicyclic) bond motifs is 6. The minimum Gasteiger partial charge on any atom is -1.00 e. The van der Waals surface area contributed by atoms with Crippen LogP contribution in [0.2, 0.25) is 0 Å². The van der Waals surface area contributed by atoms with Gasteiger partial charge in [0.15, 0.2) is 12.3 Å².